The molecule has 0 saturated heterocycles. The van der Waals surface area contributed by atoms with Gasteiger partial charge in [0.25, 0.3) is 5.91 Å². The summed E-state index contributed by atoms with van der Waals surface area (Å²) in [4.78, 5) is 20.3. The Bertz CT molecular complexity index is 564. The molecule has 0 radical (unpaired) electrons. The molecule has 0 unspecified atom stereocenters. The third-order valence-electron chi connectivity index (χ3n) is 3.59. The lowest BCUT2D eigenvalue weighted by molar-refractivity contribution is 0.0949. The third kappa shape index (κ3) is 2.47. The van der Waals surface area contributed by atoms with Gasteiger partial charge in [0.05, 0.1) is 0 Å². The molecule has 2 heterocycles. The van der Waals surface area contributed by atoms with Gasteiger partial charge in [0.15, 0.2) is 0 Å². The van der Waals surface area contributed by atoms with Gasteiger partial charge in [-0.15, -0.1) is 0 Å². The monoisotopic (exact) mass is 253 g/mol. The Hall–Kier alpha value is -2.23. The van der Waals surface area contributed by atoms with E-state index in [9.17, 15) is 4.79 Å². The SMILES string of the molecule is O=C(NCC1(c2ccccn2)CC1)c1ccncc1. The molecule has 19 heavy (non-hydrogen) atoms. The largest absolute Gasteiger partial charge is 0.351 e. The van der Waals surface area contributed by atoms with E-state index in [1.807, 2.05) is 18.2 Å². The van der Waals surface area contributed by atoms with Gasteiger partial charge in [0.2, 0.25) is 0 Å². The number of hydrogen-bond acceptors (Lipinski definition) is 3. The van der Waals surface area contributed by atoms with Crippen molar-refractivity contribution >= 4 is 5.91 Å². The van der Waals surface area contributed by atoms with Crippen molar-refractivity contribution in [1.29, 1.82) is 0 Å². The Morgan fingerprint density at radius 1 is 1.16 bits per heavy atom. The predicted molar refractivity (Wildman–Crippen MR) is 71.7 cm³/mol. The van der Waals surface area contributed by atoms with Crippen LogP contribution in [0.15, 0.2) is 48.9 Å². The molecule has 2 aromatic rings. The van der Waals surface area contributed by atoms with Crippen molar-refractivity contribution in [3.05, 3.63) is 60.2 Å². The van der Waals surface area contributed by atoms with Crippen molar-refractivity contribution < 1.29 is 4.79 Å². The van der Waals surface area contributed by atoms with E-state index < -0.39 is 0 Å². The number of carbonyl (C=O) groups excluding carboxylic acids is 1. The fourth-order valence-corrected chi connectivity index (χ4v) is 2.21. The van der Waals surface area contributed by atoms with Gasteiger partial charge in [-0.25, -0.2) is 0 Å². The summed E-state index contributed by atoms with van der Waals surface area (Å²) < 4.78 is 0. The first-order valence-electron chi connectivity index (χ1n) is 6.40. The van der Waals surface area contributed by atoms with Gasteiger partial charge >= 0.3 is 0 Å². The van der Waals surface area contributed by atoms with Crippen LogP contribution in [0.1, 0.15) is 28.9 Å². The lowest BCUT2D eigenvalue weighted by Gasteiger charge is -2.15. The van der Waals surface area contributed by atoms with Crippen molar-refractivity contribution in [2.45, 2.75) is 18.3 Å². The van der Waals surface area contributed by atoms with Crippen LogP contribution in [0.4, 0.5) is 0 Å². The Balaban J connectivity index is 1.66. The minimum Gasteiger partial charge on any atom is -0.351 e. The minimum absolute atomic E-state index is 0.0456. The maximum absolute atomic E-state index is 12.0. The normalized spacial score (nSPS) is 15.8. The summed E-state index contributed by atoms with van der Waals surface area (Å²) in [7, 11) is 0. The highest BCUT2D eigenvalue weighted by Crippen LogP contribution is 2.46. The second-order valence-corrected chi connectivity index (χ2v) is 4.91. The molecule has 0 aromatic carbocycles. The number of pyridine rings is 2. The summed E-state index contributed by atoms with van der Waals surface area (Å²) in [5.41, 5.74) is 1.76. The fraction of sp³-hybridized carbons (Fsp3) is 0.267. The zero-order chi connectivity index (χ0) is 13.1. The van der Waals surface area contributed by atoms with Gasteiger partial charge in [0.1, 0.15) is 0 Å². The van der Waals surface area contributed by atoms with E-state index >= 15 is 0 Å². The van der Waals surface area contributed by atoms with E-state index in [1.54, 1.807) is 30.7 Å². The first-order chi connectivity index (χ1) is 9.30. The molecule has 3 rings (SSSR count). The van der Waals surface area contributed by atoms with E-state index in [4.69, 9.17) is 0 Å². The topological polar surface area (TPSA) is 54.9 Å². The van der Waals surface area contributed by atoms with Gasteiger partial charge in [-0.2, -0.15) is 0 Å². The average Bonchev–Trinajstić information content (AvgIpc) is 3.28. The molecule has 1 aliphatic carbocycles. The minimum atomic E-state index is -0.0513. The fourth-order valence-electron chi connectivity index (χ4n) is 2.21. The number of carbonyl (C=O) groups is 1. The number of nitrogens with zero attached hydrogens (tertiary/aromatic N) is 2. The molecular formula is C15H15N3O. The zero-order valence-electron chi connectivity index (χ0n) is 10.5. The van der Waals surface area contributed by atoms with Gasteiger partial charge < -0.3 is 5.32 Å². The summed E-state index contributed by atoms with van der Waals surface area (Å²) in [6.07, 6.45) is 7.22. The van der Waals surface area contributed by atoms with E-state index in [0.29, 0.717) is 12.1 Å². The number of nitrogens with one attached hydrogen (secondary N) is 1. The molecule has 1 fully saturated rings. The number of amides is 1. The van der Waals surface area contributed by atoms with Crippen LogP contribution in [0.25, 0.3) is 0 Å². The van der Waals surface area contributed by atoms with Crippen LogP contribution in [-0.4, -0.2) is 22.4 Å². The maximum Gasteiger partial charge on any atom is 0.251 e. The van der Waals surface area contributed by atoms with Crippen molar-refractivity contribution in [1.82, 2.24) is 15.3 Å². The lowest BCUT2D eigenvalue weighted by Crippen LogP contribution is -2.32. The smallest absolute Gasteiger partial charge is 0.251 e. The highest BCUT2D eigenvalue weighted by molar-refractivity contribution is 5.94. The number of hydrogen-bond donors (Lipinski definition) is 1. The van der Waals surface area contributed by atoms with Crippen LogP contribution in [0, 0.1) is 0 Å². The molecule has 0 aliphatic heterocycles. The maximum atomic E-state index is 12.0. The quantitative estimate of drug-likeness (QED) is 0.906. The van der Waals surface area contributed by atoms with Crippen molar-refractivity contribution in [2.75, 3.05) is 6.54 Å². The predicted octanol–water partition coefficient (Wildman–Crippen LogP) is 1.94. The van der Waals surface area contributed by atoms with Gasteiger partial charge in [-0.1, -0.05) is 6.07 Å². The molecule has 1 N–H and O–H groups in total. The number of rotatable bonds is 4. The van der Waals surface area contributed by atoms with E-state index in [-0.39, 0.29) is 11.3 Å². The zero-order valence-corrected chi connectivity index (χ0v) is 10.5. The van der Waals surface area contributed by atoms with Gasteiger partial charge in [-0.05, 0) is 37.1 Å². The second-order valence-electron chi connectivity index (χ2n) is 4.91. The van der Waals surface area contributed by atoms with Crippen molar-refractivity contribution in [2.24, 2.45) is 0 Å². The lowest BCUT2D eigenvalue weighted by atomic mass is 10.0. The summed E-state index contributed by atoms with van der Waals surface area (Å²) in [6, 6.07) is 9.37. The molecule has 4 heteroatoms. The van der Waals surface area contributed by atoms with E-state index in [1.165, 1.54) is 0 Å². The van der Waals surface area contributed by atoms with E-state index in [2.05, 4.69) is 15.3 Å². The Labute approximate surface area is 111 Å². The molecule has 0 spiro atoms. The Morgan fingerprint density at radius 3 is 2.58 bits per heavy atom. The van der Waals surface area contributed by atoms with Crippen LogP contribution in [0.5, 0.6) is 0 Å². The Morgan fingerprint density at radius 2 is 1.95 bits per heavy atom. The van der Waals surface area contributed by atoms with Crippen molar-refractivity contribution in [3.8, 4) is 0 Å². The molecule has 2 aromatic heterocycles. The Kier molecular flexibility index (Phi) is 2.99. The summed E-state index contributed by atoms with van der Waals surface area (Å²) in [6.45, 7) is 0.644. The standard InChI is InChI=1S/C15H15N3O/c19-14(12-4-9-16-10-5-12)18-11-15(6-7-15)13-3-1-2-8-17-13/h1-5,8-10H,6-7,11H2,(H,18,19). The van der Waals surface area contributed by atoms with Gasteiger partial charge in [-0.3, -0.25) is 14.8 Å². The third-order valence-corrected chi connectivity index (χ3v) is 3.59. The molecule has 1 aliphatic rings. The van der Waals surface area contributed by atoms with Crippen LogP contribution in [0.3, 0.4) is 0 Å². The van der Waals surface area contributed by atoms with Gasteiger partial charge in [0, 0.05) is 41.8 Å². The highest BCUT2D eigenvalue weighted by atomic mass is 16.1. The molecule has 1 amide bonds. The summed E-state index contributed by atoms with van der Waals surface area (Å²) >= 11 is 0. The van der Waals surface area contributed by atoms with Crippen LogP contribution >= 0.6 is 0 Å². The average molecular weight is 253 g/mol. The van der Waals surface area contributed by atoms with Crippen LogP contribution in [0.2, 0.25) is 0 Å². The summed E-state index contributed by atoms with van der Waals surface area (Å²) in [5, 5.41) is 2.99. The molecule has 96 valence electrons. The van der Waals surface area contributed by atoms with Crippen LogP contribution in [-0.2, 0) is 5.41 Å². The molecule has 1 saturated carbocycles. The molecule has 4 nitrogen and oxygen atoms in total. The molecule has 0 bridgehead atoms. The first kappa shape index (κ1) is 11.8. The van der Waals surface area contributed by atoms with E-state index in [0.717, 1.165) is 18.5 Å². The van der Waals surface area contributed by atoms with Crippen molar-refractivity contribution in [3.63, 3.8) is 0 Å². The molecule has 0 atom stereocenters. The summed E-state index contributed by atoms with van der Waals surface area (Å²) in [5.74, 6) is -0.0513. The van der Waals surface area contributed by atoms with Crippen LogP contribution < -0.4 is 5.32 Å². The first-order valence-corrected chi connectivity index (χ1v) is 6.40. The second kappa shape index (κ2) is 4.80. The number of aromatic nitrogens is 2. The highest BCUT2D eigenvalue weighted by Gasteiger charge is 2.45. The molecular weight excluding hydrogens is 238 g/mol.